The SMILES string of the molecule is CC#N.CC#N.F[P-](F)(F)(F)(F)F.[Cu+].c1ccc([PH+](c2ccccc2)c2ccccc2)cc1.c1ccc([PH+](c2ccccc2)c2ccccc2)cc1.c1ccc([PH+](c2ccccc2)c2ccccc2)cc1. The smallest absolute Gasteiger partial charge is 0.0620 e. The Morgan fingerprint density at radius 1 is 0.254 bits per heavy atom. The van der Waals surface area contributed by atoms with Gasteiger partial charge in [-0.1, -0.05) is 164 Å². The second kappa shape index (κ2) is 29.8. The van der Waals surface area contributed by atoms with Gasteiger partial charge in [-0.25, -0.2) is 0 Å². The second-order valence-electron chi connectivity index (χ2n) is 14.8. The zero-order valence-corrected chi connectivity index (χ0v) is 43.7. The van der Waals surface area contributed by atoms with E-state index in [1.807, 2.05) is 0 Å². The number of halogens is 6. The molecule has 0 aliphatic heterocycles. The maximum absolute atomic E-state index is 10.7. The van der Waals surface area contributed by atoms with Crippen molar-refractivity contribution >= 4 is 79.3 Å². The van der Waals surface area contributed by atoms with Crippen LogP contribution in [0.2, 0.25) is 0 Å². The van der Waals surface area contributed by atoms with Crippen molar-refractivity contribution in [3.8, 4) is 12.1 Å². The summed E-state index contributed by atoms with van der Waals surface area (Å²) in [5, 5.41) is 27.6. The average molecular weight is 1080 g/mol. The summed E-state index contributed by atoms with van der Waals surface area (Å²) < 4.78 is 59.2. The number of nitrogens with zero attached hydrogens (tertiary/aromatic N) is 2. The summed E-state index contributed by atoms with van der Waals surface area (Å²) in [7, 11) is -13.3. The molecule has 0 aliphatic rings. The third-order valence-corrected chi connectivity index (χ3v) is 17.8. The topological polar surface area (TPSA) is 47.6 Å². The number of nitriles is 2. The summed E-state index contributed by atoms with van der Waals surface area (Å²) >= 11 is 0. The minimum Gasteiger partial charge on any atom is -0.0620 e. The zero-order valence-electron chi connectivity index (χ0n) is 38.9. The molecule has 0 N–H and O–H groups in total. The van der Waals surface area contributed by atoms with E-state index in [9.17, 15) is 25.2 Å². The van der Waals surface area contributed by atoms with Gasteiger partial charge in [-0.2, -0.15) is 10.5 Å². The monoisotopic (exact) mass is 1080 g/mol. The molecule has 0 atom stereocenters. The molecule has 0 heterocycles. The Kier molecular flexibility index (Phi) is 24.8. The molecule has 0 unspecified atom stereocenters. The molecule has 0 bridgehead atoms. The fraction of sp³-hybridized carbons (Fsp3) is 0.0345. The van der Waals surface area contributed by atoms with Crippen molar-refractivity contribution in [3.05, 3.63) is 273 Å². The van der Waals surface area contributed by atoms with Crippen molar-refractivity contribution in [3.63, 3.8) is 0 Å². The first-order chi connectivity index (χ1) is 33.6. The van der Waals surface area contributed by atoms with E-state index in [0.717, 1.165) is 0 Å². The van der Waals surface area contributed by atoms with Crippen LogP contribution in [0.1, 0.15) is 13.8 Å². The van der Waals surface area contributed by atoms with E-state index >= 15 is 0 Å². The van der Waals surface area contributed by atoms with Crippen LogP contribution in [0.5, 0.6) is 0 Å². The normalized spacial score (nSPS) is 11.0. The molecule has 0 saturated heterocycles. The maximum Gasteiger partial charge on any atom is 1.00 e. The summed E-state index contributed by atoms with van der Waals surface area (Å²) in [4.78, 5) is 0. The largest absolute Gasteiger partial charge is 1.00 e. The van der Waals surface area contributed by atoms with Crippen molar-refractivity contribution in [2.45, 2.75) is 13.8 Å². The summed E-state index contributed by atoms with van der Waals surface area (Å²) in [6.07, 6.45) is 0. The van der Waals surface area contributed by atoms with E-state index in [1.165, 1.54) is 61.6 Å². The Morgan fingerprint density at radius 2 is 0.324 bits per heavy atom. The van der Waals surface area contributed by atoms with E-state index in [0.29, 0.717) is 0 Å². The van der Waals surface area contributed by atoms with Gasteiger partial charge < -0.3 is 0 Å². The summed E-state index contributed by atoms with van der Waals surface area (Å²) in [6, 6.07) is 101. The van der Waals surface area contributed by atoms with Crippen molar-refractivity contribution in [1.29, 1.82) is 10.5 Å². The minimum absolute atomic E-state index is 0. The van der Waals surface area contributed by atoms with Crippen LogP contribution < -0.4 is 47.7 Å². The predicted octanol–water partition coefficient (Wildman–Crippen LogP) is 14.0. The standard InChI is InChI=1S/3C18H15P.2C2H3N.Cu.F6P/c3*1-4-10-16(11-5-1)19(17-12-6-2-7-13-17)18-14-8-3-9-15-18;2*1-2-3;;1-7(2,3,4,5)6/h3*1-15H;2*1H3;;/q;;;;;+1;-1/p+3. The van der Waals surface area contributed by atoms with Crippen molar-refractivity contribution in [2.75, 3.05) is 0 Å². The predicted molar refractivity (Wildman–Crippen MR) is 296 cm³/mol. The molecule has 0 amide bonds. The third kappa shape index (κ3) is 23.5. The quantitative estimate of drug-likeness (QED) is 0.0821. The first-order valence-electron chi connectivity index (χ1n) is 21.9. The van der Waals surface area contributed by atoms with Crippen molar-refractivity contribution < 1.29 is 42.3 Å². The number of hydrogen-bond donors (Lipinski definition) is 0. The fourth-order valence-electron chi connectivity index (χ4n) is 6.94. The van der Waals surface area contributed by atoms with Gasteiger partial charge in [0.05, 0.1) is 35.9 Å². The molecule has 0 fully saturated rings. The molecule has 2 nitrogen and oxygen atoms in total. The van der Waals surface area contributed by atoms with E-state index in [4.69, 9.17) is 10.5 Å². The van der Waals surface area contributed by atoms with Crippen LogP contribution in [0, 0.1) is 22.7 Å². The molecular formula is C58H54CuF6N2P4+3. The van der Waals surface area contributed by atoms with Gasteiger partial charge in [0.15, 0.2) is 0 Å². The molecule has 9 rings (SSSR count). The van der Waals surface area contributed by atoms with Crippen molar-refractivity contribution in [2.24, 2.45) is 0 Å². The third-order valence-electron chi connectivity index (χ3n) is 9.56. The summed E-state index contributed by atoms with van der Waals surface area (Å²) in [5.74, 6) is 0. The molecule has 71 heavy (non-hydrogen) atoms. The van der Waals surface area contributed by atoms with Gasteiger partial charge in [-0.3, -0.25) is 0 Å². The van der Waals surface area contributed by atoms with E-state index < -0.39 is 31.6 Å². The minimum atomic E-state index is -10.7. The van der Waals surface area contributed by atoms with Crippen molar-refractivity contribution in [1.82, 2.24) is 0 Å². The van der Waals surface area contributed by atoms with E-state index in [2.05, 4.69) is 273 Å². The first kappa shape index (κ1) is 59.1. The van der Waals surface area contributed by atoms with Crippen LogP contribution in [0.25, 0.3) is 0 Å². The van der Waals surface area contributed by atoms with Crippen LogP contribution in [0.4, 0.5) is 25.2 Å². The van der Waals surface area contributed by atoms with Crippen LogP contribution in [0.15, 0.2) is 273 Å². The summed E-state index contributed by atoms with van der Waals surface area (Å²) in [6.45, 7) is 2.86. The number of rotatable bonds is 9. The van der Waals surface area contributed by atoms with Gasteiger partial charge in [-0.05, 0) is 109 Å². The van der Waals surface area contributed by atoms with E-state index in [1.54, 1.807) is 12.1 Å². The Morgan fingerprint density at radius 3 is 0.394 bits per heavy atom. The molecule has 366 valence electrons. The van der Waals surface area contributed by atoms with Gasteiger partial charge in [0.2, 0.25) is 0 Å². The van der Waals surface area contributed by atoms with Crippen LogP contribution in [-0.2, 0) is 17.1 Å². The molecule has 0 aliphatic carbocycles. The van der Waals surface area contributed by atoms with Gasteiger partial charge in [0.1, 0.15) is 47.7 Å². The molecule has 0 aromatic heterocycles. The average Bonchev–Trinajstić information content (AvgIpc) is 3.37. The number of benzene rings is 9. The Labute approximate surface area is 428 Å². The molecule has 9 aromatic carbocycles. The molecule has 0 spiro atoms. The molecule has 13 heteroatoms. The summed E-state index contributed by atoms with van der Waals surface area (Å²) in [5.41, 5.74) is 0. The van der Waals surface area contributed by atoms with Crippen LogP contribution >= 0.6 is 31.6 Å². The molecule has 0 radical (unpaired) electrons. The van der Waals surface area contributed by atoms with Gasteiger partial charge in [0, 0.05) is 13.8 Å². The zero-order chi connectivity index (χ0) is 50.6. The Hall–Kier alpha value is -6.22. The molecular weight excluding hydrogens is 1030 g/mol. The Balaban J connectivity index is 0.000000249. The second-order valence-corrected chi connectivity index (χ2v) is 24.2. The fourth-order valence-corrected chi connectivity index (χ4v) is 14.7. The van der Waals surface area contributed by atoms with Crippen LogP contribution in [-0.4, -0.2) is 0 Å². The van der Waals surface area contributed by atoms with Gasteiger partial charge in [-0.15, -0.1) is 0 Å². The van der Waals surface area contributed by atoms with E-state index in [-0.39, 0.29) is 17.1 Å². The number of hydrogen-bond acceptors (Lipinski definition) is 2. The first-order valence-corrected chi connectivity index (χ1v) is 28.4. The Bertz CT molecular complexity index is 2300. The maximum atomic E-state index is 9.87. The molecule has 9 aromatic rings. The van der Waals surface area contributed by atoms with Crippen LogP contribution in [0.3, 0.4) is 0 Å². The van der Waals surface area contributed by atoms with Gasteiger partial charge in [0.25, 0.3) is 0 Å². The molecule has 0 saturated carbocycles. The van der Waals surface area contributed by atoms with Gasteiger partial charge >= 0.3 is 50.1 Å².